The zero-order chi connectivity index (χ0) is 18.4. The molecule has 1 atom stereocenters. The number of oxazole rings is 1. The number of likely N-dealkylation sites (N-methyl/N-ethyl adjacent to an activating group) is 1. The molecule has 1 aromatic heterocycles. The largest absolute Gasteiger partial charge is 0.444 e. The summed E-state index contributed by atoms with van der Waals surface area (Å²) < 4.78 is 5.49. The van der Waals surface area contributed by atoms with E-state index in [4.69, 9.17) is 4.42 Å². The predicted octanol–water partition coefficient (Wildman–Crippen LogP) is 3.30. The second-order valence-electron chi connectivity index (χ2n) is 6.38. The lowest BCUT2D eigenvalue weighted by Gasteiger charge is -2.25. The van der Waals surface area contributed by atoms with E-state index in [-0.39, 0.29) is 18.4 Å². The average Bonchev–Trinajstić information content (AvgIpc) is 3.11. The van der Waals surface area contributed by atoms with E-state index in [1.165, 1.54) is 5.56 Å². The number of nitrogens with zero attached hydrogens (tertiary/aromatic N) is 2. The SMILES string of the molecule is CN(C)C(CNC(=O)Cc1coc(-c2ccccc2)n1)c1ccccc1. The number of hydrogen-bond donors (Lipinski definition) is 1. The second kappa shape index (κ2) is 8.45. The molecule has 5 nitrogen and oxygen atoms in total. The summed E-state index contributed by atoms with van der Waals surface area (Å²) in [4.78, 5) is 18.8. The molecule has 0 saturated heterocycles. The van der Waals surface area contributed by atoms with E-state index in [0.717, 1.165) is 5.56 Å². The van der Waals surface area contributed by atoms with Crippen molar-refractivity contribution in [3.63, 3.8) is 0 Å². The maximum absolute atomic E-state index is 12.3. The van der Waals surface area contributed by atoms with Crippen molar-refractivity contribution in [1.29, 1.82) is 0 Å². The molecule has 1 unspecified atom stereocenters. The fraction of sp³-hybridized carbons (Fsp3) is 0.238. The first kappa shape index (κ1) is 17.9. The second-order valence-corrected chi connectivity index (χ2v) is 6.38. The molecule has 3 aromatic rings. The van der Waals surface area contributed by atoms with Crippen molar-refractivity contribution >= 4 is 5.91 Å². The quantitative estimate of drug-likeness (QED) is 0.711. The molecular formula is C21H23N3O2. The zero-order valence-corrected chi connectivity index (χ0v) is 15.1. The Labute approximate surface area is 153 Å². The minimum atomic E-state index is -0.0688. The first-order valence-corrected chi connectivity index (χ1v) is 8.61. The van der Waals surface area contributed by atoms with Crippen molar-refractivity contribution < 1.29 is 9.21 Å². The number of hydrogen-bond acceptors (Lipinski definition) is 4. The third-order valence-electron chi connectivity index (χ3n) is 4.21. The van der Waals surface area contributed by atoms with E-state index in [9.17, 15) is 4.79 Å². The van der Waals surface area contributed by atoms with Crippen LogP contribution in [0.3, 0.4) is 0 Å². The van der Waals surface area contributed by atoms with Crippen molar-refractivity contribution in [2.75, 3.05) is 20.6 Å². The smallest absolute Gasteiger partial charge is 0.226 e. The molecule has 26 heavy (non-hydrogen) atoms. The summed E-state index contributed by atoms with van der Waals surface area (Å²) in [5.41, 5.74) is 2.70. The molecule has 0 radical (unpaired) electrons. The van der Waals surface area contributed by atoms with Crippen LogP contribution in [0.1, 0.15) is 17.3 Å². The summed E-state index contributed by atoms with van der Waals surface area (Å²) in [5.74, 6) is 0.463. The average molecular weight is 349 g/mol. The van der Waals surface area contributed by atoms with Gasteiger partial charge in [0.05, 0.1) is 18.2 Å². The van der Waals surface area contributed by atoms with Crippen LogP contribution in [0.5, 0.6) is 0 Å². The van der Waals surface area contributed by atoms with Gasteiger partial charge < -0.3 is 14.6 Å². The standard InChI is InChI=1S/C21H23N3O2/c1-24(2)19(16-9-5-3-6-10-16)14-22-20(25)13-18-15-26-21(23-18)17-11-7-4-8-12-17/h3-12,15,19H,13-14H2,1-2H3,(H,22,25). The summed E-state index contributed by atoms with van der Waals surface area (Å²) in [7, 11) is 4.02. The molecular weight excluding hydrogens is 326 g/mol. The Bertz CT molecular complexity index is 829. The highest BCUT2D eigenvalue weighted by atomic mass is 16.3. The predicted molar refractivity (Wildman–Crippen MR) is 102 cm³/mol. The Morgan fingerprint density at radius 1 is 1.08 bits per heavy atom. The van der Waals surface area contributed by atoms with Crippen molar-refractivity contribution in [2.45, 2.75) is 12.5 Å². The molecule has 3 rings (SSSR count). The van der Waals surface area contributed by atoms with Gasteiger partial charge in [0.1, 0.15) is 6.26 Å². The Balaban J connectivity index is 1.58. The maximum atomic E-state index is 12.3. The third kappa shape index (κ3) is 4.58. The first-order valence-electron chi connectivity index (χ1n) is 8.61. The number of carbonyl (C=O) groups excluding carboxylic acids is 1. The topological polar surface area (TPSA) is 58.4 Å². The van der Waals surface area contributed by atoms with Crippen LogP contribution in [0.2, 0.25) is 0 Å². The van der Waals surface area contributed by atoms with Gasteiger partial charge in [0.15, 0.2) is 0 Å². The molecule has 0 saturated carbocycles. The molecule has 0 aliphatic heterocycles. The first-order chi connectivity index (χ1) is 12.6. The van der Waals surface area contributed by atoms with Gasteiger partial charge in [-0.15, -0.1) is 0 Å². The summed E-state index contributed by atoms with van der Waals surface area (Å²) in [5, 5.41) is 3.00. The van der Waals surface area contributed by atoms with Crippen LogP contribution in [0.4, 0.5) is 0 Å². The molecule has 0 fully saturated rings. The molecule has 1 heterocycles. The molecule has 1 amide bonds. The van der Waals surface area contributed by atoms with E-state index in [2.05, 4.69) is 27.3 Å². The van der Waals surface area contributed by atoms with E-state index in [0.29, 0.717) is 18.1 Å². The molecule has 1 N–H and O–H groups in total. The van der Waals surface area contributed by atoms with Gasteiger partial charge in [-0.2, -0.15) is 0 Å². The van der Waals surface area contributed by atoms with E-state index in [1.807, 2.05) is 62.6 Å². The summed E-state index contributed by atoms with van der Waals surface area (Å²) in [6.45, 7) is 0.541. The molecule has 5 heteroatoms. The third-order valence-corrected chi connectivity index (χ3v) is 4.21. The van der Waals surface area contributed by atoms with E-state index >= 15 is 0 Å². The Morgan fingerprint density at radius 2 is 1.73 bits per heavy atom. The molecule has 2 aromatic carbocycles. The van der Waals surface area contributed by atoms with Crippen LogP contribution in [-0.4, -0.2) is 36.4 Å². The minimum absolute atomic E-state index is 0.0688. The van der Waals surface area contributed by atoms with Gasteiger partial charge >= 0.3 is 0 Å². The van der Waals surface area contributed by atoms with E-state index in [1.54, 1.807) is 6.26 Å². The van der Waals surface area contributed by atoms with Crippen molar-refractivity contribution in [3.05, 3.63) is 78.2 Å². The lowest BCUT2D eigenvalue weighted by atomic mass is 10.1. The van der Waals surface area contributed by atoms with Crippen LogP contribution in [0.25, 0.3) is 11.5 Å². The molecule has 0 aliphatic carbocycles. The minimum Gasteiger partial charge on any atom is -0.444 e. The Hall–Kier alpha value is -2.92. The van der Waals surface area contributed by atoms with Gasteiger partial charge in [0, 0.05) is 12.1 Å². The highest BCUT2D eigenvalue weighted by Gasteiger charge is 2.16. The number of benzene rings is 2. The zero-order valence-electron chi connectivity index (χ0n) is 15.1. The van der Waals surface area contributed by atoms with Crippen LogP contribution in [0, 0.1) is 0 Å². The Morgan fingerprint density at radius 3 is 2.38 bits per heavy atom. The number of carbonyl (C=O) groups is 1. The van der Waals surface area contributed by atoms with Crippen molar-refractivity contribution in [3.8, 4) is 11.5 Å². The van der Waals surface area contributed by atoms with Gasteiger partial charge in [-0.25, -0.2) is 4.98 Å². The fourth-order valence-electron chi connectivity index (χ4n) is 2.81. The van der Waals surface area contributed by atoms with Crippen molar-refractivity contribution in [1.82, 2.24) is 15.2 Å². The van der Waals surface area contributed by atoms with Crippen LogP contribution >= 0.6 is 0 Å². The number of nitrogens with one attached hydrogen (secondary N) is 1. The number of amides is 1. The van der Waals surface area contributed by atoms with Crippen LogP contribution in [0.15, 0.2) is 71.3 Å². The fourth-order valence-corrected chi connectivity index (χ4v) is 2.81. The van der Waals surface area contributed by atoms with Gasteiger partial charge in [0.25, 0.3) is 0 Å². The van der Waals surface area contributed by atoms with Crippen molar-refractivity contribution in [2.24, 2.45) is 0 Å². The molecule has 0 aliphatic rings. The monoisotopic (exact) mass is 349 g/mol. The van der Waals surface area contributed by atoms with Gasteiger partial charge in [-0.1, -0.05) is 48.5 Å². The van der Waals surface area contributed by atoms with Gasteiger partial charge in [-0.05, 0) is 31.8 Å². The normalized spacial score (nSPS) is 12.1. The highest BCUT2D eigenvalue weighted by Crippen LogP contribution is 2.19. The lowest BCUT2D eigenvalue weighted by Crippen LogP contribution is -2.35. The summed E-state index contributed by atoms with van der Waals surface area (Å²) in [6.07, 6.45) is 1.74. The van der Waals surface area contributed by atoms with Gasteiger partial charge in [0.2, 0.25) is 11.8 Å². The summed E-state index contributed by atoms with van der Waals surface area (Å²) >= 11 is 0. The molecule has 134 valence electrons. The van der Waals surface area contributed by atoms with Gasteiger partial charge in [-0.3, -0.25) is 4.79 Å². The van der Waals surface area contributed by atoms with E-state index < -0.39 is 0 Å². The summed E-state index contributed by atoms with van der Waals surface area (Å²) in [6, 6.07) is 19.9. The van der Waals surface area contributed by atoms with Crippen LogP contribution in [-0.2, 0) is 11.2 Å². The number of rotatable bonds is 7. The lowest BCUT2D eigenvalue weighted by molar-refractivity contribution is -0.120. The highest BCUT2D eigenvalue weighted by molar-refractivity contribution is 5.78. The number of aromatic nitrogens is 1. The Kier molecular flexibility index (Phi) is 5.81. The maximum Gasteiger partial charge on any atom is 0.226 e. The molecule has 0 spiro atoms. The molecule has 0 bridgehead atoms. The van der Waals surface area contributed by atoms with Crippen LogP contribution < -0.4 is 5.32 Å².